The van der Waals surface area contributed by atoms with Crippen molar-refractivity contribution in [2.75, 3.05) is 0 Å². The van der Waals surface area contributed by atoms with Gasteiger partial charge in [0.1, 0.15) is 11.6 Å². The molecule has 158 valence electrons. The first-order valence-electron chi connectivity index (χ1n) is 11.2. The molecule has 6 rings (SSSR count). The maximum atomic E-state index is 13.9. The third kappa shape index (κ3) is 3.45. The Hall–Kier alpha value is -2.02. The highest BCUT2D eigenvalue weighted by Gasteiger charge is 2.46. The van der Waals surface area contributed by atoms with E-state index in [1.54, 1.807) is 12.1 Å². The molecule has 1 N–H and O–H groups in total. The summed E-state index contributed by atoms with van der Waals surface area (Å²) in [4.78, 5) is 12.9. The number of H-pyrrole nitrogens is 1. The zero-order chi connectivity index (χ0) is 21.1. The molecular formula is C26H25FIN3. The van der Waals surface area contributed by atoms with Crippen molar-refractivity contribution in [3.63, 3.8) is 0 Å². The molecule has 0 spiro atoms. The number of halogens is 2. The molecule has 2 aromatic heterocycles. The van der Waals surface area contributed by atoms with Crippen LogP contribution in [-0.4, -0.2) is 15.0 Å². The monoisotopic (exact) mass is 525 g/mol. The molecule has 2 heterocycles. The minimum Gasteiger partial charge on any atom is -0.342 e. The van der Waals surface area contributed by atoms with E-state index >= 15 is 0 Å². The highest BCUT2D eigenvalue weighted by Crippen LogP contribution is 2.58. The van der Waals surface area contributed by atoms with Crippen LogP contribution < -0.4 is 0 Å². The lowest BCUT2D eigenvalue weighted by molar-refractivity contribution is 0.276. The average molecular weight is 525 g/mol. The smallest absolute Gasteiger partial charge is 0.123 e. The fourth-order valence-corrected chi connectivity index (χ4v) is 6.82. The van der Waals surface area contributed by atoms with E-state index in [0.29, 0.717) is 17.8 Å². The van der Waals surface area contributed by atoms with Gasteiger partial charge in [-0.2, -0.15) is 0 Å². The van der Waals surface area contributed by atoms with Gasteiger partial charge in [0.15, 0.2) is 0 Å². The summed E-state index contributed by atoms with van der Waals surface area (Å²) in [5.41, 5.74) is 4.41. The van der Waals surface area contributed by atoms with Crippen molar-refractivity contribution in [3.05, 3.63) is 69.4 Å². The topological polar surface area (TPSA) is 41.6 Å². The molecule has 2 fully saturated rings. The predicted molar refractivity (Wildman–Crippen MR) is 131 cm³/mol. The molecule has 2 aliphatic carbocycles. The lowest BCUT2D eigenvalue weighted by atomic mass is 9.75. The van der Waals surface area contributed by atoms with Gasteiger partial charge in [0.05, 0.1) is 16.6 Å². The van der Waals surface area contributed by atoms with Crippen LogP contribution >= 0.6 is 22.6 Å². The number of aromatic amines is 1. The molecule has 0 aliphatic heterocycles. The highest BCUT2D eigenvalue weighted by molar-refractivity contribution is 14.1. The molecule has 0 saturated heterocycles. The maximum absolute atomic E-state index is 13.9. The Bertz CT molecular complexity index is 1280. The molecule has 31 heavy (non-hydrogen) atoms. The Labute approximate surface area is 195 Å². The van der Waals surface area contributed by atoms with E-state index in [9.17, 15) is 4.39 Å². The van der Waals surface area contributed by atoms with Gasteiger partial charge in [-0.1, -0.05) is 6.92 Å². The van der Waals surface area contributed by atoms with Gasteiger partial charge in [-0.3, -0.25) is 4.98 Å². The van der Waals surface area contributed by atoms with Crippen LogP contribution in [-0.2, 0) is 0 Å². The van der Waals surface area contributed by atoms with Gasteiger partial charge < -0.3 is 4.98 Å². The summed E-state index contributed by atoms with van der Waals surface area (Å²) in [6.07, 6.45) is 6.88. The molecule has 2 saturated carbocycles. The van der Waals surface area contributed by atoms with Crippen LogP contribution in [0.15, 0.2) is 48.7 Å². The quantitative estimate of drug-likeness (QED) is 0.287. The molecule has 2 aromatic carbocycles. The van der Waals surface area contributed by atoms with Gasteiger partial charge in [-0.15, -0.1) is 0 Å². The second kappa shape index (κ2) is 7.54. The Morgan fingerprint density at radius 1 is 1.06 bits per heavy atom. The van der Waals surface area contributed by atoms with E-state index in [-0.39, 0.29) is 5.82 Å². The lowest BCUT2D eigenvalue weighted by Crippen LogP contribution is -2.19. The van der Waals surface area contributed by atoms with Gasteiger partial charge in [-0.25, -0.2) is 9.37 Å². The third-order valence-corrected chi connectivity index (χ3v) is 8.40. The molecule has 2 aliphatic rings. The highest BCUT2D eigenvalue weighted by atomic mass is 127. The van der Waals surface area contributed by atoms with Gasteiger partial charge in [0.25, 0.3) is 0 Å². The largest absolute Gasteiger partial charge is 0.342 e. The van der Waals surface area contributed by atoms with Crippen LogP contribution in [0.5, 0.6) is 0 Å². The van der Waals surface area contributed by atoms with Crippen LogP contribution in [0.1, 0.15) is 55.8 Å². The zero-order valence-electron chi connectivity index (χ0n) is 17.5. The Morgan fingerprint density at radius 3 is 2.77 bits per heavy atom. The lowest BCUT2D eigenvalue weighted by Gasteiger charge is -2.30. The van der Waals surface area contributed by atoms with E-state index in [1.165, 1.54) is 40.9 Å². The normalized spacial score (nSPS) is 26.2. The van der Waals surface area contributed by atoms with Gasteiger partial charge in [0, 0.05) is 21.1 Å². The molecule has 4 unspecified atom stereocenters. The van der Waals surface area contributed by atoms with Crippen LogP contribution in [0.25, 0.3) is 21.9 Å². The molecule has 4 aromatic rings. The molecular weight excluding hydrogens is 500 g/mol. The first kappa shape index (κ1) is 19.6. The standard InChI is InChI=1S/C26H25FIN3/c1-14(26-30-24-5-3-19(28)13-25(24)31-26)8-15-9-17-10-16(15)11-21(17)20-6-7-29-23-4-2-18(27)12-22(20)23/h2-7,12-17,21H,8-11H2,1H3,(H,30,31)/t14-,15?,16?,17?,21?/m1/s1. The predicted octanol–water partition coefficient (Wildman–Crippen LogP) is 7.18. The Balaban J connectivity index is 1.19. The first-order valence-corrected chi connectivity index (χ1v) is 12.3. The molecule has 5 atom stereocenters. The number of benzene rings is 2. The second-order valence-corrected chi connectivity index (χ2v) is 10.8. The number of fused-ring (bicyclic) bond motifs is 4. The fraction of sp³-hybridized carbons (Fsp3) is 0.385. The van der Waals surface area contributed by atoms with E-state index in [0.717, 1.165) is 39.6 Å². The molecule has 0 amide bonds. The second-order valence-electron chi connectivity index (χ2n) is 9.58. The van der Waals surface area contributed by atoms with E-state index in [1.807, 2.05) is 6.20 Å². The molecule has 2 bridgehead atoms. The zero-order valence-corrected chi connectivity index (χ0v) is 19.6. The van der Waals surface area contributed by atoms with Crippen molar-refractivity contribution in [3.8, 4) is 0 Å². The van der Waals surface area contributed by atoms with Crippen molar-refractivity contribution in [1.29, 1.82) is 0 Å². The van der Waals surface area contributed by atoms with Crippen LogP contribution in [0.2, 0.25) is 0 Å². The van der Waals surface area contributed by atoms with Crippen molar-refractivity contribution in [2.24, 2.45) is 17.8 Å². The molecule has 0 radical (unpaired) electrons. The number of hydrogen-bond donors (Lipinski definition) is 1. The van der Waals surface area contributed by atoms with E-state index < -0.39 is 0 Å². The number of rotatable bonds is 4. The number of nitrogens with zero attached hydrogens (tertiary/aromatic N) is 2. The fourth-order valence-electron chi connectivity index (χ4n) is 6.33. The van der Waals surface area contributed by atoms with Gasteiger partial charge >= 0.3 is 0 Å². The Kier molecular flexibility index (Phi) is 4.78. The van der Waals surface area contributed by atoms with Gasteiger partial charge in [0.2, 0.25) is 0 Å². The van der Waals surface area contributed by atoms with Crippen molar-refractivity contribution >= 4 is 44.5 Å². The summed E-state index contributed by atoms with van der Waals surface area (Å²) >= 11 is 2.35. The van der Waals surface area contributed by atoms with Crippen molar-refractivity contribution in [2.45, 2.75) is 44.4 Å². The summed E-state index contributed by atoms with van der Waals surface area (Å²) in [6, 6.07) is 13.5. The number of hydrogen-bond acceptors (Lipinski definition) is 2. The number of aromatic nitrogens is 3. The molecule has 3 nitrogen and oxygen atoms in total. The van der Waals surface area contributed by atoms with Crippen molar-refractivity contribution in [1.82, 2.24) is 15.0 Å². The number of imidazole rings is 1. The third-order valence-electron chi connectivity index (χ3n) is 7.73. The van der Waals surface area contributed by atoms with Crippen LogP contribution in [0.3, 0.4) is 0 Å². The summed E-state index contributed by atoms with van der Waals surface area (Å²) in [5, 5.41) is 1.00. The van der Waals surface area contributed by atoms with Crippen molar-refractivity contribution < 1.29 is 4.39 Å². The van der Waals surface area contributed by atoms with Crippen LogP contribution in [0, 0.1) is 27.1 Å². The molecule has 5 heteroatoms. The summed E-state index contributed by atoms with van der Waals surface area (Å²) in [7, 11) is 0. The van der Waals surface area contributed by atoms with E-state index in [4.69, 9.17) is 4.98 Å². The number of pyridine rings is 1. The summed E-state index contributed by atoms with van der Waals surface area (Å²) in [5.74, 6) is 4.15. The summed E-state index contributed by atoms with van der Waals surface area (Å²) in [6.45, 7) is 2.31. The van der Waals surface area contributed by atoms with Crippen LogP contribution in [0.4, 0.5) is 4.39 Å². The SMILES string of the molecule is C[C@H](CC1CC2CC1CC2c1ccnc2ccc(F)cc12)c1nc2ccc(I)cc2[nH]1. The number of nitrogens with one attached hydrogen (secondary N) is 1. The van der Waals surface area contributed by atoms with E-state index in [2.05, 4.69) is 63.7 Å². The first-order chi connectivity index (χ1) is 15.0. The minimum absolute atomic E-state index is 0.169. The minimum atomic E-state index is -0.169. The van der Waals surface area contributed by atoms with Gasteiger partial charge in [-0.05, 0) is 120 Å². The summed E-state index contributed by atoms with van der Waals surface area (Å²) < 4.78 is 15.2. The Morgan fingerprint density at radius 2 is 1.94 bits per heavy atom. The maximum Gasteiger partial charge on any atom is 0.123 e. The average Bonchev–Trinajstić information content (AvgIpc) is 3.46.